The number of likely N-dealkylation sites (tertiary alicyclic amines) is 1. The van der Waals surface area contributed by atoms with Crippen molar-refractivity contribution < 1.29 is 14.4 Å². The fourth-order valence-corrected chi connectivity index (χ4v) is 3.76. The molecule has 0 spiro atoms. The second kappa shape index (κ2) is 8.83. The summed E-state index contributed by atoms with van der Waals surface area (Å²) in [5.74, 6) is 0.423. The maximum absolute atomic E-state index is 12.4. The highest BCUT2D eigenvalue weighted by Crippen LogP contribution is 2.22. The molecule has 2 saturated heterocycles. The van der Waals surface area contributed by atoms with E-state index in [1.165, 1.54) is 5.56 Å². The first-order valence-electron chi connectivity index (χ1n) is 9.44. The Morgan fingerprint density at radius 3 is 2.04 bits per heavy atom. The Morgan fingerprint density at radius 2 is 1.46 bits per heavy atom. The molecule has 2 fully saturated rings. The SMILES string of the molecule is O=CN1CCN(C(=O)CC(=O)N2CCC(Cc3ccccc3)CC2)CC1. The van der Waals surface area contributed by atoms with Crippen molar-refractivity contribution in [2.75, 3.05) is 39.3 Å². The molecule has 26 heavy (non-hydrogen) atoms. The Labute approximate surface area is 154 Å². The molecule has 0 aromatic heterocycles. The fourth-order valence-electron chi connectivity index (χ4n) is 3.76. The lowest BCUT2D eigenvalue weighted by Crippen LogP contribution is -2.49. The van der Waals surface area contributed by atoms with Gasteiger partial charge in [-0.05, 0) is 30.7 Å². The van der Waals surface area contributed by atoms with E-state index in [1.807, 2.05) is 11.0 Å². The van der Waals surface area contributed by atoms with Gasteiger partial charge in [0.1, 0.15) is 6.42 Å². The zero-order valence-electron chi connectivity index (χ0n) is 15.2. The van der Waals surface area contributed by atoms with Crippen LogP contribution >= 0.6 is 0 Å². The normalized spacial score (nSPS) is 18.7. The van der Waals surface area contributed by atoms with Crippen molar-refractivity contribution >= 4 is 18.2 Å². The molecule has 0 atom stereocenters. The predicted octanol–water partition coefficient (Wildman–Crippen LogP) is 1.16. The molecule has 0 unspecified atom stereocenters. The monoisotopic (exact) mass is 357 g/mol. The van der Waals surface area contributed by atoms with Gasteiger partial charge in [-0.15, -0.1) is 0 Å². The second-order valence-corrected chi connectivity index (χ2v) is 7.21. The number of piperazine rings is 1. The number of hydrogen-bond acceptors (Lipinski definition) is 3. The summed E-state index contributed by atoms with van der Waals surface area (Å²) >= 11 is 0. The summed E-state index contributed by atoms with van der Waals surface area (Å²) in [4.78, 5) is 40.7. The maximum Gasteiger partial charge on any atom is 0.232 e. The lowest BCUT2D eigenvalue weighted by molar-refractivity contribution is -0.143. The molecule has 1 aromatic rings. The van der Waals surface area contributed by atoms with Crippen LogP contribution in [-0.2, 0) is 20.8 Å². The third kappa shape index (κ3) is 4.84. The molecule has 2 aliphatic heterocycles. The van der Waals surface area contributed by atoms with Crippen molar-refractivity contribution in [3.05, 3.63) is 35.9 Å². The Kier molecular flexibility index (Phi) is 6.26. The average Bonchev–Trinajstić information content (AvgIpc) is 2.69. The van der Waals surface area contributed by atoms with Crippen LogP contribution < -0.4 is 0 Å². The molecule has 2 aliphatic rings. The van der Waals surface area contributed by atoms with E-state index in [9.17, 15) is 14.4 Å². The van der Waals surface area contributed by atoms with Crippen molar-refractivity contribution in [1.82, 2.24) is 14.7 Å². The van der Waals surface area contributed by atoms with E-state index in [0.29, 0.717) is 32.1 Å². The van der Waals surface area contributed by atoms with Crippen LogP contribution in [-0.4, -0.2) is 72.2 Å². The van der Waals surface area contributed by atoms with Gasteiger partial charge >= 0.3 is 0 Å². The fraction of sp³-hybridized carbons (Fsp3) is 0.550. The Hall–Kier alpha value is -2.37. The van der Waals surface area contributed by atoms with Crippen LogP contribution in [0.1, 0.15) is 24.8 Å². The zero-order valence-corrected chi connectivity index (χ0v) is 15.2. The van der Waals surface area contributed by atoms with Crippen molar-refractivity contribution in [2.45, 2.75) is 25.7 Å². The molecule has 2 heterocycles. The van der Waals surface area contributed by atoms with E-state index in [0.717, 1.165) is 38.8 Å². The molecule has 0 N–H and O–H groups in total. The molecule has 140 valence electrons. The molecule has 0 bridgehead atoms. The minimum absolute atomic E-state index is 0.0511. The van der Waals surface area contributed by atoms with Gasteiger partial charge in [-0.2, -0.15) is 0 Å². The van der Waals surface area contributed by atoms with Crippen molar-refractivity contribution in [1.29, 1.82) is 0 Å². The molecule has 3 rings (SSSR count). The van der Waals surface area contributed by atoms with E-state index in [1.54, 1.807) is 9.80 Å². The number of rotatable bonds is 5. The molecule has 6 nitrogen and oxygen atoms in total. The zero-order chi connectivity index (χ0) is 18.4. The minimum Gasteiger partial charge on any atom is -0.342 e. The summed E-state index contributed by atoms with van der Waals surface area (Å²) in [6.07, 6.45) is 3.81. The van der Waals surface area contributed by atoms with E-state index >= 15 is 0 Å². The number of hydrogen-bond donors (Lipinski definition) is 0. The summed E-state index contributed by atoms with van der Waals surface area (Å²) in [5.41, 5.74) is 1.35. The van der Waals surface area contributed by atoms with Crippen LogP contribution in [0, 0.1) is 5.92 Å². The lowest BCUT2D eigenvalue weighted by Gasteiger charge is -2.34. The summed E-state index contributed by atoms with van der Waals surface area (Å²) in [6, 6.07) is 10.5. The number of benzene rings is 1. The van der Waals surface area contributed by atoms with Gasteiger partial charge in [0, 0.05) is 39.3 Å². The van der Waals surface area contributed by atoms with Crippen LogP contribution in [0.3, 0.4) is 0 Å². The summed E-state index contributed by atoms with van der Waals surface area (Å²) < 4.78 is 0. The van der Waals surface area contributed by atoms with Crippen molar-refractivity contribution in [3.63, 3.8) is 0 Å². The van der Waals surface area contributed by atoms with Crippen LogP contribution in [0.5, 0.6) is 0 Å². The van der Waals surface area contributed by atoms with Gasteiger partial charge in [0.05, 0.1) is 0 Å². The van der Waals surface area contributed by atoms with Gasteiger partial charge in [0.25, 0.3) is 0 Å². The highest BCUT2D eigenvalue weighted by molar-refractivity contribution is 5.97. The second-order valence-electron chi connectivity index (χ2n) is 7.21. The van der Waals surface area contributed by atoms with E-state index in [4.69, 9.17) is 0 Å². The smallest absolute Gasteiger partial charge is 0.232 e. The van der Waals surface area contributed by atoms with Crippen LogP contribution in [0.4, 0.5) is 0 Å². The van der Waals surface area contributed by atoms with E-state index in [-0.39, 0.29) is 18.2 Å². The number of nitrogens with zero attached hydrogens (tertiary/aromatic N) is 3. The van der Waals surface area contributed by atoms with Crippen LogP contribution in [0.25, 0.3) is 0 Å². The first-order valence-corrected chi connectivity index (χ1v) is 9.44. The van der Waals surface area contributed by atoms with Crippen molar-refractivity contribution in [2.24, 2.45) is 5.92 Å². The summed E-state index contributed by atoms with van der Waals surface area (Å²) in [5, 5.41) is 0. The maximum atomic E-state index is 12.4. The Bertz CT molecular complexity index is 618. The molecule has 1 aromatic carbocycles. The van der Waals surface area contributed by atoms with E-state index < -0.39 is 0 Å². The molecular weight excluding hydrogens is 330 g/mol. The molecule has 6 heteroatoms. The van der Waals surface area contributed by atoms with Gasteiger partial charge in [0.2, 0.25) is 18.2 Å². The number of carbonyl (C=O) groups is 3. The molecule has 3 amide bonds. The first kappa shape index (κ1) is 18.4. The molecule has 0 aliphatic carbocycles. The van der Waals surface area contributed by atoms with Gasteiger partial charge in [-0.1, -0.05) is 30.3 Å². The standard InChI is InChI=1S/C20H27N3O3/c24-16-21-10-12-23(13-11-21)20(26)15-19(25)22-8-6-18(7-9-22)14-17-4-2-1-3-5-17/h1-5,16,18H,6-15H2. The van der Waals surface area contributed by atoms with Gasteiger partial charge < -0.3 is 14.7 Å². The summed E-state index contributed by atoms with van der Waals surface area (Å²) in [6.45, 7) is 3.61. The van der Waals surface area contributed by atoms with E-state index in [2.05, 4.69) is 24.3 Å². The largest absolute Gasteiger partial charge is 0.342 e. The highest BCUT2D eigenvalue weighted by atomic mass is 16.2. The Balaban J connectivity index is 1.41. The topological polar surface area (TPSA) is 60.9 Å². The third-order valence-corrected chi connectivity index (χ3v) is 5.45. The van der Waals surface area contributed by atoms with Crippen molar-refractivity contribution in [3.8, 4) is 0 Å². The van der Waals surface area contributed by atoms with Gasteiger partial charge in [0.15, 0.2) is 0 Å². The number of piperidine rings is 1. The number of amides is 3. The molecular formula is C20H27N3O3. The van der Waals surface area contributed by atoms with Crippen LogP contribution in [0.2, 0.25) is 0 Å². The average molecular weight is 357 g/mol. The Morgan fingerprint density at radius 1 is 0.885 bits per heavy atom. The van der Waals surface area contributed by atoms with Gasteiger partial charge in [-0.25, -0.2) is 0 Å². The third-order valence-electron chi connectivity index (χ3n) is 5.45. The molecule has 0 radical (unpaired) electrons. The quantitative estimate of drug-likeness (QED) is 0.587. The van der Waals surface area contributed by atoms with Gasteiger partial charge in [-0.3, -0.25) is 14.4 Å². The predicted molar refractivity (Wildman–Crippen MR) is 98.3 cm³/mol. The highest BCUT2D eigenvalue weighted by Gasteiger charge is 2.27. The first-order chi connectivity index (χ1) is 12.7. The minimum atomic E-state index is -0.119. The molecule has 0 saturated carbocycles. The number of carbonyl (C=O) groups excluding carboxylic acids is 3. The van der Waals surface area contributed by atoms with Crippen LogP contribution in [0.15, 0.2) is 30.3 Å². The lowest BCUT2D eigenvalue weighted by atomic mass is 9.90. The summed E-state index contributed by atoms with van der Waals surface area (Å²) in [7, 11) is 0.